The number of hydrogen-bond donors (Lipinski definition) is 1. The highest BCUT2D eigenvalue weighted by atomic mass is 16.5. The average Bonchev–Trinajstić information content (AvgIpc) is 2.16. The van der Waals surface area contributed by atoms with Gasteiger partial charge in [0.2, 0.25) is 0 Å². The number of nitrogens with one attached hydrogen (secondary N) is 1. The molecule has 0 bridgehead atoms. The molecule has 0 aromatic heterocycles. The Morgan fingerprint density at radius 2 is 2.23 bits per heavy atom. The van der Waals surface area contributed by atoms with Crippen LogP contribution in [-0.2, 0) is 4.74 Å². The average molecular weight is 185 g/mol. The summed E-state index contributed by atoms with van der Waals surface area (Å²) in [5.41, 5.74) is 0. The molecule has 1 saturated heterocycles. The number of hydrogen-bond acceptors (Lipinski definition) is 2. The van der Waals surface area contributed by atoms with E-state index in [9.17, 15) is 0 Å². The van der Waals surface area contributed by atoms with E-state index in [1.165, 1.54) is 32.1 Å². The summed E-state index contributed by atoms with van der Waals surface area (Å²) in [5.74, 6) is 0. The molecule has 0 aromatic carbocycles. The summed E-state index contributed by atoms with van der Waals surface area (Å²) in [5, 5.41) is 3.51. The highest BCUT2D eigenvalue weighted by Gasteiger charge is 2.20. The van der Waals surface area contributed by atoms with Crippen molar-refractivity contribution in [1.29, 1.82) is 0 Å². The Morgan fingerprint density at radius 3 is 2.92 bits per heavy atom. The third-order valence-corrected chi connectivity index (χ3v) is 2.74. The summed E-state index contributed by atoms with van der Waals surface area (Å²) in [4.78, 5) is 0. The third kappa shape index (κ3) is 4.10. The second-order valence-electron chi connectivity index (χ2n) is 3.91. The summed E-state index contributed by atoms with van der Waals surface area (Å²) >= 11 is 0. The summed E-state index contributed by atoms with van der Waals surface area (Å²) in [7, 11) is 0. The number of ether oxygens (including phenoxy) is 1. The van der Waals surface area contributed by atoms with E-state index in [0.29, 0.717) is 12.1 Å². The minimum Gasteiger partial charge on any atom is -0.378 e. The SMILES string of the molecule is CCCCC1CC(NCC)CCO1. The van der Waals surface area contributed by atoms with Crippen molar-refractivity contribution in [2.45, 2.75) is 58.1 Å². The van der Waals surface area contributed by atoms with Crippen LogP contribution >= 0.6 is 0 Å². The van der Waals surface area contributed by atoms with E-state index in [2.05, 4.69) is 19.2 Å². The zero-order chi connectivity index (χ0) is 9.52. The van der Waals surface area contributed by atoms with Gasteiger partial charge in [-0.25, -0.2) is 0 Å². The van der Waals surface area contributed by atoms with Gasteiger partial charge >= 0.3 is 0 Å². The van der Waals surface area contributed by atoms with Crippen LogP contribution in [0, 0.1) is 0 Å². The molecule has 13 heavy (non-hydrogen) atoms. The minimum absolute atomic E-state index is 0.526. The molecule has 78 valence electrons. The van der Waals surface area contributed by atoms with Gasteiger partial charge in [-0.05, 0) is 25.8 Å². The van der Waals surface area contributed by atoms with Crippen molar-refractivity contribution in [2.24, 2.45) is 0 Å². The molecule has 2 nitrogen and oxygen atoms in total. The fraction of sp³-hybridized carbons (Fsp3) is 1.00. The fourth-order valence-electron chi connectivity index (χ4n) is 1.99. The van der Waals surface area contributed by atoms with E-state index in [1.807, 2.05) is 0 Å². The van der Waals surface area contributed by atoms with E-state index in [1.54, 1.807) is 0 Å². The predicted molar refractivity (Wildman–Crippen MR) is 56.0 cm³/mol. The number of rotatable bonds is 5. The van der Waals surface area contributed by atoms with Crippen LogP contribution < -0.4 is 5.32 Å². The van der Waals surface area contributed by atoms with Crippen molar-refractivity contribution >= 4 is 0 Å². The van der Waals surface area contributed by atoms with Crippen molar-refractivity contribution in [1.82, 2.24) is 5.32 Å². The van der Waals surface area contributed by atoms with Gasteiger partial charge in [-0.2, -0.15) is 0 Å². The molecule has 0 aromatic rings. The molecule has 0 radical (unpaired) electrons. The Hall–Kier alpha value is -0.0800. The van der Waals surface area contributed by atoms with Crippen LogP contribution in [0.2, 0.25) is 0 Å². The van der Waals surface area contributed by atoms with E-state index in [4.69, 9.17) is 4.74 Å². The maximum Gasteiger partial charge on any atom is 0.0590 e. The minimum atomic E-state index is 0.526. The first-order valence-corrected chi connectivity index (χ1v) is 5.71. The lowest BCUT2D eigenvalue weighted by molar-refractivity contribution is -0.00359. The fourth-order valence-corrected chi connectivity index (χ4v) is 1.99. The van der Waals surface area contributed by atoms with E-state index < -0.39 is 0 Å². The van der Waals surface area contributed by atoms with Gasteiger partial charge < -0.3 is 10.1 Å². The van der Waals surface area contributed by atoms with Crippen LogP contribution in [0.5, 0.6) is 0 Å². The summed E-state index contributed by atoms with van der Waals surface area (Å²) in [6, 6.07) is 0.709. The molecule has 1 aliphatic rings. The van der Waals surface area contributed by atoms with Crippen molar-refractivity contribution < 1.29 is 4.74 Å². The highest BCUT2D eigenvalue weighted by Crippen LogP contribution is 2.18. The van der Waals surface area contributed by atoms with Gasteiger partial charge in [0, 0.05) is 12.6 Å². The monoisotopic (exact) mass is 185 g/mol. The standard InChI is InChI=1S/C11H23NO/c1-3-5-6-11-9-10(12-4-2)7-8-13-11/h10-12H,3-9H2,1-2H3. The first-order chi connectivity index (χ1) is 6.36. The van der Waals surface area contributed by atoms with E-state index >= 15 is 0 Å². The molecule has 0 saturated carbocycles. The topological polar surface area (TPSA) is 21.3 Å². The molecule has 2 unspecified atom stereocenters. The van der Waals surface area contributed by atoms with Gasteiger partial charge in [-0.1, -0.05) is 26.7 Å². The molecule has 0 amide bonds. The van der Waals surface area contributed by atoms with Crippen LogP contribution in [-0.4, -0.2) is 25.3 Å². The van der Waals surface area contributed by atoms with Crippen LogP contribution in [0.3, 0.4) is 0 Å². The Labute approximate surface area is 82.0 Å². The normalized spacial score (nSPS) is 29.1. The Kier molecular flexibility index (Phi) is 5.40. The molecule has 2 heteroatoms. The zero-order valence-corrected chi connectivity index (χ0v) is 9.01. The van der Waals surface area contributed by atoms with Crippen LogP contribution in [0.15, 0.2) is 0 Å². The highest BCUT2D eigenvalue weighted by molar-refractivity contribution is 4.76. The lowest BCUT2D eigenvalue weighted by Gasteiger charge is -2.30. The molecule has 0 spiro atoms. The van der Waals surface area contributed by atoms with Crippen LogP contribution in [0.25, 0.3) is 0 Å². The largest absolute Gasteiger partial charge is 0.378 e. The maximum atomic E-state index is 5.72. The smallest absolute Gasteiger partial charge is 0.0590 e. The van der Waals surface area contributed by atoms with Crippen molar-refractivity contribution in [3.63, 3.8) is 0 Å². The first-order valence-electron chi connectivity index (χ1n) is 5.71. The summed E-state index contributed by atoms with van der Waals surface area (Å²) in [6.07, 6.45) is 6.77. The molecule has 1 heterocycles. The lowest BCUT2D eigenvalue weighted by Crippen LogP contribution is -2.38. The summed E-state index contributed by atoms with van der Waals surface area (Å²) < 4.78 is 5.72. The molecule has 1 N–H and O–H groups in total. The molecule has 1 aliphatic heterocycles. The van der Waals surface area contributed by atoms with Crippen molar-refractivity contribution in [3.8, 4) is 0 Å². The summed E-state index contributed by atoms with van der Waals surface area (Å²) in [6.45, 7) is 6.46. The molecule has 2 atom stereocenters. The van der Waals surface area contributed by atoms with Gasteiger partial charge in [0.1, 0.15) is 0 Å². The van der Waals surface area contributed by atoms with E-state index in [-0.39, 0.29) is 0 Å². The van der Waals surface area contributed by atoms with E-state index in [0.717, 1.165) is 13.2 Å². The molecular weight excluding hydrogens is 162 g/mol. The Morgan fingerprint density at radius 1 is 1.38 bits per heavy atom. The zero-order valence-electron chi connectivity index (χ0n) is 9.01. The van der Waals surface area contributed by atoms with Gasteiger partial charge in [-0.3, -0.25) is 0 Å². The van der Waals surface area contributed by atoms with Gasteiger partial charge in [0.05, 0.1) is 6.10 Å². The molecule has 0 aliphatic carbocycles. The van der Waals surface area contributed by atoms with Gasteiger partial charge in [0.25, 0.3) is 0 Å². The lowest BCUT2D eigenvalue weighted by atomic mass is 9.99. The van der Waals surface area contributed by atoms with Gasteiger partial charge in [0.15, 0.2) is 0 Å². The van der Waals surface area contributed by atoms with Gasteiger partial charge in [-0.15, -0.1) is 0 Å². The molecule has 1 fully saturated rings. The second kappa shape index (κ2) is 6.39. The van der Waals surface area contributed by atoms with Crippen molar-refractivity contribution in [2.75, 3.05) is 13.2 Å². The molecule has 1 rings (SSSR count). The quantitative estimate of drug-likeness (QED) is 0.710. The Balaban J connectivity index is 2.16. The van der Waals surface area contributed by atoms with Crippen LogP contribution in [0.4, 0.5) is 0 Å². The Bertz CT molecular complexity index is 125. The predicted octanol–water partition coefficient (Wildman–Crippen LogP) is 2.33. The third-order valence-electron chi connectivity index (χ3n) is 2.74. The second-order valence-corrected chi connectivity index (χ2v) is 3.91. The molecular formula is C11H23NO. The number of unbranched alkanes of at least 4 members (excludes halogenated alkanes) is 1. The first kappa shape index (κ1) is 11.0. The maximum absolute atomic E-state index is 5.72. The van der Waals surface area contributed by atoms with Crippen molar-refractivity contribution in [3.05, 3.63) is 0 Å². The van der Waals surface area contributed by atoms with Crippen LogP contribution in [0.1, 0.15) is 46.0 Å².